The van der Waals surface area contributed by atoms with Crippen LogP contribution < -0.4 is 5.32 Å². The third kappa shape index (κ3) is 4.39. The Labute approximate surface area is 202 Å². The molecule has 170 valence electrons. The summed E-state index contributed by atoms with van der Waals surface area (Å²) in [5.74, 6) is 0.581. The largest absolute Gasteiger partial charge is 0.325 e. The average molecular weight is 468 g/mol. The Morgan fingerprint density at radius 3 is 2.41 bits per heavy atom. The van der Waals surface area contributed by atoms with E-state index in [0.717, 1.165) is 34.2 Å². The van der Waals surface area contributed by atoms with E-state index in [9.17, 15) is 4.79 Å². The van der Waals surface area contributed by atoms with Gasteiger partial charge < -0.3 is 5.32 Å². The SMILES string of the molecule is CCc1ccc(NC(=O)[C@H](CC)Sc2nc3ccccc3c3nc(-c4ccccc4)nn23)cc1. The molecule has 0 radical (unpaired) electrons. The molecule has 1 N–H and O–H groups in total. The summed E-state index contributed by atoms with van der Waals surface area (Å²) < 4.78 is 1.77. The number of fused-ring (bicyclic) bond motifs is 3. The van der Waals surface area contributed by atoms with Gasteiger partial charge in [0.2, 0.25) is 5.91 Å². The van der Waals surface area contributed by atoms with Gasteiger partial charge in [-0.1, -0.05) is 80.2 Å². The lowest BCUT2D eigenvalue weighted by molar-refractivity contribution is -0.115. The number of hydrogen-bond acceptors (Lipinski definition) is 5. The number of thioether (sulfide) groups is 1. The molecule has 0 fully saturated rings. The number of amides is 1. The average Bonchev–Trinajstić information content (AvgIpc) is 3.34. The second-order valence-electron chi connectivity index (χ2n) is 8.00. The normalized spacial score (nSPS) is 12.2. The van der Waals surface area contributed by atoms with Crippen molar-refractivity contribution in [2.24, 2.45) is 0 Å². The highest BCUT2D eigenvalue weighted by Gasteiger charge is 2.23. The number of carbonyl (C=O) groups is 1. The van der Waals surface area contributed by atoms with Gasteiger partial charge in [-0.3, -0.25) is 4.79 Å². The Balaban J connectivity index is 1.50. The summed E-state index contributed by atoms with van der Waals surface area (Å²) in [6.45, 7) is 4.12. The minimum atomic E-state index is -0.327. The highest BCUT2D eigenvalue weighted by Crippen LogP contribution is 2.30. The third-order valence-electron chi connectivity index (χ3n) is 5.72. The predicted octanol–water partition coefficient (Wildman–Crippen LogP) is 6.02. The van der Waals surface area contributed by atoms with Crippen molar-refractivity contribution in [2.45, 2.75) is 37.1 Å². The fraction of sp³-hybridized carbons (Fsp3) is 0.185. The van der Waals surface area contributed by atoms with E-state index in [-0.39, 0.29) is 11.2 Å². The van der Waals surface area contributed by atoms with E-state index in [1.54, 1.807) is 4.52 Å². The zero-order valence-electron chi connectivity index (χ0n) is 19.1. The Kier molecular flexibility index (Phi) is 6.27. The van der Waals surface area contributed by atoms with Crippen LogP contribution in [0.2, 0.25) is 0 Å². The van der Waals surface area contributed by atoms with E-state index in [4.69, 9.17) is 15.1 Å². The maximum Gasteiger partial charge on any atom is 0.237 e. The highest BCUT2D eigenvalue weighted by molar-refractivity contribution is 8.00. The number of nitrogens with one attached hydrogen (secondary N) is 1. The molecule has 5 aromatic rings. The van der Waals surface area contributed by atoms with Crippen molar-refractivity contribution in [1.82, 2.24) is 19.6 Å². The fourth-order valence-corrected chi connectivity index (χ4v) is 4.78. The molecular formula is C27H25N5OS. The second-order valence-corrected chi connectivity index (χ2v) is 9.17. The Bertz CT molecular complexity index is 1450. The van der Waals surface area contributed by atoms with E-state index >= 15 is 0 Å². The van der Waals surface area contributed by atoms with Crippen LogP contribution in [0.3, 0.4) is 0 Å². The highest BCUT2D eigenvalue weighted by atomic mass is 32.2. The summed E-state index contributed by atoms with van der Waals surface area (Å²) in [4.78, 5) is 22.8. The molecule has 5 rings (SSSR count). The van der Waals surface area contributed by atoms with E-state index in [1.807, 2.05) is 85.8 Å². The van der Waals surface area contributed by atoms with Gasteiger partial charge in [0.05, 0.1) is 10.8 Å². The van der Waals surface area contributed by atoms with Crippen LogP contribution in [0, 0.1) is 0 Å². The molecule has 0 aliphatic rings. The summed E-state index contributed by atoms with van der Waals surface area (Å²) in [5.41, 5.74) is 4.53. The standard InChI is InChI=1S/C27H25N5OS/c1-3-18-14-16-20(17-15-18)28-26(33)23(4-2)34-27-29-22-13-9-8-12-21(22)25-30-24(31-32(25)27)19-10-6-5-7-11-19/h5-17,23H,3-4H2,1-2H3,(H,28,33)/t23-/m0/s1. The molecule has 0 aliphatic carbocycles. The summed E-state index contributed by atoms with van der Waals surface area (Å²) in [5, 5.41) is 9.07. The van der Waals surface area contributed by atoms with Crippen molar-refractivity contribution >= 4 is 39.9 Å². The lowest BCUT2D eigenvalue weighted by Crippen LogP contribution is -2.25. The minimum Gasteiger partial charge on any atom is -0.325 e. The predicted molar refractivity (Wildman–Crippen MR) is 138 cm³/mol. The Morgan fingerprint density at radius 2 is 1.68 bits per heavy atom. The molecule has 34 heavy (non-hydrogen) atoms. The van der Waals surface area contributed by atoms with Crippen LogP contribution in [0.5, 0.6) is 0 Å². The maximum atomic E-state index is 13.1. The molecule has 0 spiro atoms. The number of para-hydroxylation sites is 1. The van der Waals surface area contributed by atoms with Gasteiger partial charge in [-0.15, -0.1) is 5.10 Å². The number of hydrogen-bond donors (Lipinski definition) is 1. The quantitative estimate of drug-likeness (QED) is 0.234. The van der Waals surface area contributed by atoms with E-state index in [2.05, 4.69) is 12.2 Å². The van der Waals surface area contributed by atoms with Crippen molar-refractivity contribution in [3.63, 3.8) is 0 Å². The first-order valence-corrected chi connectivity index (χ1v) is 12.3. The molecule has 6 nitrogen and oxygen atoms in total. The number of anilines is 1. The van der Waals surface area contributed by atoms with Crippen molar-refractivity contribution in [1.29, 1.82) is 0 Å². The van der Waals surface area contributed by atoms with Gasteiger partial charge in [-0.25, -0.2) is 9.97 Å². The summed E-state index contributed by atoms with van der Waals surface area (Å²) in [6.07, 6.45) is 1.62. The molecule has 7 heteroatoms. The molecule has 2 aromatic heterocycles. The third-order valence-corrected chi connectivity index (χ3v) is 7.03. The first-order valence-electron chi connectivity index (χ1n) is 11.4. The molecule has 0 saturated heterocycles. The molecular weight excluding hydrogens is 442 g/mol. The molecule has 2 heterocycles. The van der Waals surface area contributed by atoms with Crippen molar-refractivity contribution in [3.05, 3.63) is 84.4 Å². The Morgan fingerprint density at radius 1 is 0.941 bits per heavy atom. The van der Waals surface area contributed by atoms with E-state index in [0.29, 0.717) is 17.4 Å². The van der Waals surface area contributed by atoms with Gasteiger partial charge >= 0.3 is 0 Å². The number of carbonyl (C=O) groups excluding carboxylic acids is 1. The lowest BCUT2D eigenvalue weighted by atomic mass is 10.1. The summed E-state index contributed by atoms with van der Waals surface area (Å²) >= 11 is 1.41. The van der Waals surface area contributed by atoms with Crippen molar-refractivity contribution < 1.29 is 4.79 Å². The van der Waals surface area contributed by atoms with Crippen molar-refractivity contribution in [3.8, 4) is 11.4 Å². The maximum absolute atomic E-state index is 13.1. The molecule has 1 amide bonds. The fourth-order valence-electron chi connectivity index (χ4n) is 3.81. The van der Waals surface area contributed by atoms with Crippen LogP contribution in [0.4, 0.5) is 5.69 Å². The van der Waals surface area contributed by atoms with Crippen LogP contribution in [0.1, 0.15) is 25.8 Å². The minimum absolute atomic E-state index is 0.0525. The van der Waals surface area contributed by atoms with Gasteiger partial charge in [-0.2, -0.15) is 4.52 Å². The first-order chi connectivity index (χ1) is 16.7. The van der Waals surface area contributed by atoms with E-state index < -0.39 is 0 Å². The van der Waals surface area contributed by atoms with Crippen LogP contribution in [-0.2, 0) is 11.2 Å². The summed E-state index contributed by atoms with van der Waals surface area (Å²) in [7, 11) is 0. The smallest absolute Gasteiger partial charge is 0.237 e. The van der Waals surface area contributed by atoms with Gasteiger partial charge in [0.15, 0.2) is 16.6 Å². The zero-order chi connectivity index (χ0) is 23.5. The topological polar surface area (TPSA) is 72.2 Å². The van der Waals surface area contributed by atoms with Crippen molar-refractivity contribution in [2.75, 3.05) is 5.32 Å². The second kappa shape index (κ2) is 9.65. The van der Waals surface area contributed by atoms with Crippen LogP contribution in [-0.4, -0.2) is 30.7 Å². The first kappa shape index (κ1) is 22.1. The van der Waals surface area contributed by atoms with Crippen LogP contribution >= 0.6 is 11.8 Å². The number of aromatic nitrogens is 4. The molecule has 0 saturated carbocycles. The molecule has 3 aromatic carbocycles. The number of aryl methyl sites for hydroxylation is 1. The van der Waals surface area contributed by atoms with Gasteiger partial charge in [0.25, 0.3) is 0 Å². The number of nitrogens with zero attached hydrogens (tertiary/aromatic N) is 4. The number of benzene rings is 3. The Hall–Kier alpha value is -3.71. The monoisotopic (exact) mass is 467 g/mol. The summed E-state index contributed by atoms with van der Waals surface area (Å²) in [6, 6.07) is 25.8. The van der Waals surface area contributed by atoms with Gasteiger partial charge in [0, 0.05) is 16.6 Å². The lowest BCUT2D eigenvalue weighted by Gasteiger charge is -2.15. The molecule has 0 bridgehead atoms. The van der Waals surface area contributed by atoms with Crippen LogP contribution in [0.25, 0.3) is 27.9 Å². The number of rotatable bonds is 7. The van der Waals surface area contributed by atoms with E-state index in [1.165, 1.54) is 17.3 Å². The molecule has 0 unspecified atom stereocenters. The molecule has 0 aliphatic heterocycles. The van der Waals surface area contributed by atoms with Gasteiger partial charge in [0.1, 0.15) is 0 Å². The van der Waals surface area contributed by atoms with Crippen LogP contribution in [0.15, 0.2) is 84.0 Å². The van der Waals surface area contributed by atoms with Gasteiger partial charge in [-0.05, 0) is 42.7 Å². The zero-order valence-corrected chi connectivity index (χ0v) is 19.9. The molecule has 1 atom stereocenters.